The minimum absolute atomic E-state index is 0.000283. The van der Waals surface area contributed by atoms with Crippen LogP contribution in [0.4, 0.5) is 5.69 Å². The lowest BCUT2D eigenvalue weighted by atomic mass is 9.74. The number of carbonyl (C=O) groups excluding carboxylic acids is 1. The number of benzene rings is 1. The highest BCUT2D eigenvalue weighted by atomic mass is 32.2. The van der Waals surface area contributed by atoms with E-state index < -0.39 is 0 Å². The largest absolute Gasteiger partial charge is 0.396 e. The van der Waals surface area contributed by atoms with Gasteiger partial charge in [0.15, 0.2) is 0 Å². The Morgan fingerprint density at radius 2 is 2.00 bits per heavy atom. The quantitative estimate of drug-likeness (QED) is 0.677. The SMILES string of the molecule is NC(=O)CSc1ccccc1NCC1(CO)CCCCC1. The predicted octanol–water partition coefficient (Wildman–Crippen LogP) is 2.62. The molecule has 0 bridgehead atoms. The maximum Gasteiger partial charge on any atom is 0.227 e. The molecule has 1 fully saturated rings. The van der Waals surface area contributed by atoms with Gasteiger partial charge in [-0.1, -0.05) is 31.4 Å². The van der Waals surface area contributed by atoms with Crippen molar-refractivity contribution in [2.45, 2.75) is 37.0 Å². The molecule has 0 aliphatic heterocycles. The molecule has 1 aromatic rings. The molecule has 0 unspecified atom stereocenters. The maximum absolute atomic E-state index is 10.9. The van der Waals surface area contributed by atoms with Gasteiger partial charge < -0.3 is 16.2 Å². The first-order valence-electron chi connectivity index (χ1n) is 7.50. The highest BCUT2D eigenvalue weighted by molar-refractivity contribution is 8.00. The van der Waals surface area contributed by atoms with Crippen LogP contribution in [-0.2, 0) is 4.79 Å². The molecule has 1 aliphatic carbocycles. The summed E-state index contributed by atoms with van der Waals surface area (Å²) < 4.78 is 0. The fourth-order valence-corrected chi connectivity index (χ4v) is 3.63. The van der Waals surface area contributed by atoms with Gasteiger partial charge in [0, 0.05) is 22.5 Å². The fraction of sp³-hybridized carbons (Fsp3) is 0.562. The molecule has 1 aliphatic rings. The van der Waals surface area contributed by atoms with Crippen molar-refractivity contribution in [3.63, 3.8) is 0 Å². The van der Waals surface area contributed by atoms with Gasteiger partial charge in [-0.15, -0.1) is 11.8 Å². The van der Waals surface area contributed by atoms with Crippen LogP contribution in [0.5, 0.6) is 0 Å². The normalized spacial score (nSPS) is 17.4. The molecule has 1 saturated carbocycles. The molecule has 0 spiro atoms. The van der Waals surface area contributed by atoms with E-state index in [1.54, 1.807) is 0 Å². The summed E-state index contributed by atoms with van der Waals surface area (Å²) >= 11 is 1.45. The molecule has 4 nitrogen and oxygen atoms in total. The number of nitrogens with two attached hydrogens (primary N) is 1. The van der Waals surface area contributed by atoms with Crippen molar-refractivity contribution in [3.8, 4) is 0 Å². The number of anilines is 1. The number of amides is 1. The average Bonchev–Trinajstić information content (AvgIpc) is 2.52. The van der Waals surface area contributed by atoms with Crippen LogP contribution in [-0.4, -0.2) is 29.9 Å². The van der Waals surface area contributed by atoms with Crippen LogP contribution in [0.15, 0.2) is 29.2 Å². The van der Waals surface area contributed by atoms with Crippen LogP contribution in [0, 0.1) is 5.41 Å². The summed E-state index contributed by atoms with van der Waals surface area (Å²) in [5.74, 6) is -0.0296. The van der Waals surface area contributed by atoms with Gasteiger partial charge in [0.1, 0.15) is 0 Å². The van der Waals surface area contributed by atoms with E-state index in [1.165, 1.54) is 31.0 Å². The Kier molecular flexibility index (Phi) is 5.94. The lowest BCUT2D eigenvalue weighted by Crippen LogP contribution is -2.35. The molecule has 116 valence electrons. The standard InChI is InChI=1S/C16H24N2O2S/c17-15(20)10-21-14-7-3-2-6-13(14)18-11-16(12-19)8-4-1-5-9-16/h2-3,6-7,18-19H,1,4-5,8-12H2,(H2,17,20). The predicted molar refractivity (Wildman–Crippen MR) is 87.5 cm³/mol. The Morgan fingerprint density at radius 1 is 1.29 bits per heavy atom. The summed E-state index contributed by atoms with van der Waals surface area (Å²) in [5.41, 5.74) is 6.23. The molecule has 21 heavy (non-hydrogen) atoms. The first-order chi connectivity index (χ1) is 10.2. The minimum atomic E-state index is -0.311. The lowest BCUT2D eigenvalue weighted by Gasteiger charge is -2.36. The van der Waals surface area contributed by atoms with Crippen molar-refractivity contribution >= 4 is 23.4 Å². The first kappa shape index (κ1) is 16.2. The molecule has 0 heterocycles. The number of rotatable bonds is 7. The van der Waals surface area contributed by atoms with Crippen LogP contribution in [0.2, 0.25) is 0 Å². The number of nitrogens with one attached hydrogen (secondary N) is 1. The number of para-hydroxylation sites is 1. The third kappa shape index (κ3) is 4.64. The third-order valence-electron chi connectivity index (χ3n) is 4.16. The molecular weight excluding hydrogens is 284 g/mol. The Hall–Kier alpha value is -1.20. The molecule has 0 aromatic heterocycles. The highest BCUT2D eigenvalue weighted by Crippen LogP contribution is 2.37. The number of hydrogen-bond donors (Lipinski definition) is 3. The molecule has 2 rings (SSSR count). The second-order valence-corrected chi connectivity index (χ2v) is 6.84. The topological polar surface area (TPSA) is 75.4 Å². The maximum atomic E-state index is 10.9. The third-order valence-corrected chi connectivity index (χ3v) is 5.26. The summed E-state index contributed by atoms with van der Waals surface area (Å²) in [7, 11) is 0. The van der Waals surface area contributed by atoms with E-state index >= 15 is 0 Å². The summed E-state index contributed by atoms with van der Waals surface area (Å²) in [6.45, 7) is 1.01. The average molecular weight is 308 g/mol. The zero-order valence-corrected chi connectivity index (χ0v) is 13.1. The van der Waals surface area contributed by atoms with Gasteiger partial charge in [-0.3, -0.25) is 4.79 Å². The van der Waals surface area contributed by atoms with Gasteiger partial charge in [-0.05, 0) is 25.0 Å². The van der Waals surface area contributed by atoms with Crippen molar-refractivity contribution in [2.75, 3.05) is 24.2 Å². The number of thioether (sulfide) groups is 1. The summed E-state index contributed by atoms with van der Waals surface area (Å²) in [6.07, 6.45) is 5.81. The smallest absolute Gasteiger partial charge is 0.227 e. The number of aliphatic hydroxyl groups excluding tert-OH is 1. The van der Waals surface area contributed by atoms with Crippen molar-refractivity contribution in [1.29, 1.82) is 0 Å². The van der Waals surface area contributed by atoms with E-state index in [4.69, 9.17) is 5.73 Å². The number of primary amides is 1. The minimum Gasteiger partial charge on any atom is -0.396 e. The van der Waals surface area contributed by atoms with E-state index in [2.05, 4.69) is 5.32 Å². The molecule has 1 aromatic carbocycles. The van der Waals surface area contributed by atoms with Crippen LogP contribution in [0.3, 0.4) is 0 Å². The Labute approximate surface area is 130 Å². The molecule has 5 heteroatoms. The second kappa shape index (κ2) is 7.71. The van der Waals surface area contributed by atoms with E-state index in [-0.39, 0.29) is 23.7 Å². The summed E-state index contributed by atoms with van der Waals surface area (Å²) in [4.78, 5) is 12.0. The van der Waals surface area contributed by atoms with Gasteiger partial charge in [0.2, 0.25) is 5.91 Å². The molecule has 0 radical (unpaired) electrons. The van der Waals surface area contributed by atoms with E-state index in [1.807, 2.05) is 24.3 Å². The summed E-state index contributed by atoms with van der Waals surface area (Å²) in [5, 5.41) is 13.2. The number of hydrogen-bond acceptors (Lipinski definition) is 4. The van der Waals surface area contributed by atoms with Crippen molar-refractivity contribution in [2.24, 2.45) is 11.1 Å². The Morgan fingerprint density at radius 3 is 2.67 bits per heavy atom. The molecule has 0 saturated heterocycles. The fourth-order valence-electron chi connectivity index (χ4n) is 2.86. The van der Waals surface area contributed by atoms with Crippen LogP contribution >= 0.6 is 11.8 Å². The molecule has 0 atom stereocenters. The van der Waals surface area contributed by atoms with E-state index in [9.17, 15) is 9.90 Å². The summed E-state index contributed by atoms with van der Waals surface area (Å²) in [6, 6.07) is 7.93. The number of carbonyl (C=O) groups is 1. The van der Waals surface area contributed by atoms with Gasteiger partial charge in [-0.2, -0.15) is 0 Å². The molecule has 4 N–H and O–H groups in total. The van der Waals surface area contributed by atoms with Crippen molar-refractivity contribution in [3.05, 3.63) is 24.3 Å². The van der Waals surface area contributed by atoms with Gasteiger partial charge in [-0.25, -0.2) is 0 Å². The highest BCUT2D eigenvalue weighted by Gasteiger charge is 2.31. The van der Waals surface area contributed by atoms with Crippen LogP contribution in [0.25, 0.3) is 0 Å². The zero-order chi connectivity index (χ0) is 15.1. The lowest BCUT2D eigenvalue weighted by molar-refractivity contribution is -0.115. The number of aliphatic hydroxyl groups is 1. The Bertz CT molecular complexity index is 473. The molecular formula is C16H24N2O2S. The monoisotopic (exact) mass is 308 g/mol. The second-order valence-electron chi connectivity index (χ2n) is 5.82. The first-order valence-corrected chi connectivity index (χ1v) is 8.49. The van der Waals surface area contributed by atoms with Crippen molar-refractivity contribution < 1.29 is 9.90 Å². The van der Waals surface area contributed by atoms with Gasteiger partial charge in [0.05, 0.1) is 12.4 Å². The Balaban J connectivity index is 2.00. The molecule has 1 amide bonds. The van der Waals surface area contributed by atoms with E-state index in [0.29, 0.717) is 0 Å². The van der Waals surface area contributed by atoms with Crippen LogP contribution < -0.4 is 11.1 Å². The van der Waals surface area contributed by atoms with Crippen molar-refractivity contribution in [1.82, 2.24) is 0 Å². The van der Waals surface area contributed by atoms with Crippen LogP contribution in [0.1, 0.15) is 32.1 Å². The van der Waals surface area contributed by atoms with Gasteiger partial charge >= 0.3 is 0 Å². The van der Waals surface area contributed by atoms with E-state index in [0.717, 1.165) is 30.0 Å². The zero-order valence-electron chi connectivity index (χ0n) is 12.3. The van der Waals surface area contributed by atoms with Gasteiger partial charge in [0.25, 0.3) is 0 Å².